The van der Waals surface area contributed by atoms with Crippen molar-refractivity contribution in [3.05, 3.63) is 47.3 Å². The Balaban J connectivity index is 2.20. The van der Waals surface area contributed by atoms with Crippen molar-refractivity contribution < 1.29 is 4.79 Å². The fraction of sp³-hybridized carbons (Fsp3) is 0.143. The summed E-state index contributed by atoms with van der Waals surface area (Å²) in [5.41, 5.74) is 8.29. The normalized spacial score (nSPS) is 9.58. The highest BCUT2D eigenvalue weighted by Gasteiger charge is 2.07. The van der Waals surface area contributed by atoms with Crippen molar-refractivity contribution in [1.82, 2.24) is 10.2 Å². The van der Waals surface area contributed by atoms with E-state index in [-0.39, 0.29) is 5.91 Å². The van der Waals surface area contributed by atoms with Gasteiger partial charge in [0.25, 0.3) is 5.91 Å². The van der Waals surface area contributed by atoms with Gasteiger partial charge in [0, 0.05) is 17.4 Å². The van der Waals surface area contributed by atoms with E-state index in [2.05, 4.69) is 27.4 Å². The summed E-state index contributed by atoms with van der Waals surface area (Å²) in [6.45, 7) is 2.25. The molecule has 19 heavy (non-hydrogen) atoms. The molecule has 1 aromatic heterocycles. The number of aryl methyl sites for hydroxylation is 1. The van der Waals surface area contributed by atoms with Gasteiger partial charge in [-0.2, -0.15) is 5.10 Å². The highest BCUT2D eigenvalue weighted by Crippen LogP contribution is 2.14. The Hall–Kier alpha value is -2.58. The third-order valence-electron chi connectivity index (χ3n) is 2.42. The van der Waals surface area contributed by atoms with Gasteiger partial charge in [-0.05, 0) is 36.8 Å². The molecule has 0 aliphatic carbocycles. The fourth-order valence-corrected chi connectivity index (χ4v) is 1.66. The minimum absolute atomic E-state index is 0.235. The van der Waals surface area contributed by atoms with E-state index in [4.69, 9.17) is 5.73 Å². The number of nitrogens with two attached hydrogens (primary N) is 1. The molecule has 0 fully saturated rings. The highest BCUT2D eigenvalue weighted by atomic mass is 16.1. The van der Waals surface area contributed by atoms with Crippen LogP contribution in [0.1, 0.15) is 21.6 Å². The first kappa shape index (κ1) is 12.9. The molecule has 96 valence electrons. The van der Waals surface area contributed by atoms with Gasteiger partial charge in [0.1, 0.15) is 5.69 Å². The van der Waals surface area contributed by atoms with Crippen molar-refractivity contribution in [2.45, 2.75) is 6.92 Å². The summed E-state index contributed by atoms with van der Waals surface area (Å²) < 4.78 is 0. The van der Waals surface area contributed by atoms with Gasteiger partial charge in [-0.25, -0.2) is 0 Å². The molecule has 5 heteroatoms. The number of hydrogen-bond donors (Lipinski definition) is 3. The lowest BCUT2D eigenvalue weighted by atomic mass is 10.1. The molecule has 0 radical (unpaired) electrons. The number of H-pyrrole nitrogens is 1. The molecule has 0 saturated carbocycles. The number of aromatic nitrogens is 2. The lowest BCUT2D eigenvalue weighted by molar-refractivity contribution is 0.102. The molecule has 1 aromatic carbocycles. The summed E-state index contributed by atoms with van der Waals surface area (Å²) in [7, 11) is 0. The van der Waals surface area contributed by atoms with E-state index in [9.17, 15) is 4.79 Å². The van der Waals surface area contributed by atoms with Crippen molar-refractivity contribution >= 4 is 11.6 Å². The summed E-state index contributed by atoms with van der Waals surface area (Å²) in [5.74, 6) is 5.50. The van der Waals surface area contributed by atoms with Gasteiger partial charge in [-0.15, -0.1) is 0 Å². The largest absolute Gasteiger partial charge is 0.321 e. The van der Waals surface area contributed by atoms with Crippen LogP contribution in [-0.2, 0) is 0 Å². The molecule has 0 unspecified atom stereocenters. The molecule has 2 aromatic rings. The van der Waals surface area contributed by atoms with Crippen molar-refractivity contribution in [3.8, 4) is 11.8 Å². The Kier molecular flexibility index (Phi) is 3.96. The van der Waals surface area contributed by atoms with Crippen LogP contribution in [0.15, 0.2) is 30.5 Å². The topological polar surface area (TPSA) is 83.8 Å². The number of nitrogens with zero attached hydrogens (tertiary/aromatic N) is 1. The zero-order valence-electron chi connectivity index (χ0n) is 10.5. The molecule has 5 nitrogen and oxygen atoms in total. The summed E-state index contributed by atoms with van der Waals surface area (Å²) >= 11 is 0. The summed E-state index contributed by atoms with van der Waals surface area (Å²) in [6, 6.07) is 7.24. The Morgan fingerprint density at radius 1 is 1.47 bits per heavy atom. The molecule has 0 aliphatic rings. The van der Waals surface area contributed by atoms with Gasteiger partial charge < -0.3 is 11.1 Å². The van der Waals surface area contributed by atoms with Crippen LogP contribution in [0.5, 0.6) is 0 Å². The van der Waals surface area contributed by atoms with Gasteiger partial charge in [-0.1, -0.05) is 11.8 Å². The average Bonchev–Trinajstić information content (AvgIpc) is 2.89. The van der Waals surface area contributed by atoms with E-state index in [0.717, 1.165) is 11.1 Å². The number of anilines is 1. The van der Waals surface area contributed by atoms with E-state index in [1.165, 1.54) is 6.20 Å². The fourth-order valence-electron chi connectivity index (χ4n) is 1.66. The molecule has 1 heterocycles. The van der Waals surface area contributed by atoms with E-state index < -0.39 is 0 Å². The van der Waals surface area contributed by atoms with Crippen molar-refractivity contribution in [2.75, 3.05) is 11.9 Å². The van der Waals surface area contributed by atoms with Crippen LogP contribution in [0.25, 0.3) is 0 Å². The van der Waals surface area contributed by atoms with Gasteiger partial charge in [-0.3, -0.25) is 9.89 Å². The van der Waals surface area contributed by atoms with E-state index in [0.29, 0.717) is 17.9 Å². The second kappa shape index (κ2) is 5.85. The smallest absolute Gasteiger partial charge is 0.273 e. The second-order valence-corrected chi connectivity index (χ2v) is 4.02. The lowest BCUT2D eigenvalue weighted by Gasteiger charge is -2.05. The molecule has 0 saturated heterocycles. The predicted molar refractivity (Wildman–Crippen MR) is 73.7 cm³/mol. The van der Waals surface area contributed by atoms with Gasteiger partial charge in [0.2, 0.25) is 0 Å². The van der Waals surface area contributed by atoms with E-state index in [1.54, 1.807) is 6.07 Å². The molecule has 2 rings (SSSR count). The van der Waals surface area contributed by atoms with Crippen LogP contribution in [0.4, 0.5) is 5.69 Å². The molecular formula is C14H14N4O. The van der Waals surface area contributed by atoms with Crippen LogP contribution >= 0.6 is 0 Å². The number of hydrogen-bond acceptors (Lipinski definition) is 3. The summed E-state index contributed by atoms with van der Waals surface area (Å²) in [6.07, 6.45) is 1.53. The van der Waals surface area contributed by atoms with Crippen molar-refractivity contribution in [2.24, 2.45) is 5.73 Å². The third-order valence-corrected chi connectivity index (χ3v) is 2.42. The molecule has 0 atom stereocenters. The molecule has 0 spiro atoms. The van der Waals surface area contributed by atoms with Gasteiger partial charge in [0.05, 0.1) is 6.54 Å². The van der Waals surface area contributed by atoms with Crippen molar-refractivity contribution in [1.29, 1.82) is 0 Å². The number of carbonyl (C=O) groups excluding carboxylic acids is 1. The predicted octanol–water partition coefficient (Wildman–Crippen LogP) is 1.28. The number of amides is 1. The Morgan fingerprint density at radius 3 is 3.00 bits per heavy atom. The van der Waals surface area contributed by atoms with Gasteiger partial charge in [0.15, 0.2) is 0 Å². The lowest BCUT2D eigenvalue weighted by Crippen LogP contribution is -2.12. The zero-order valence-corrected chi connectivity index (χ0v) is 10.5. The molecule has 4 N–H and O–H groups in total. The Labute approximate surface area is 111 Å². The van der Waals surface area contributed by atoms with Gasteiger partial charge >= 0.3 is 0 Å². The second-order valence-electron chi connectivity index (χ2n) is 4.02. The van der Waals surface area contributed by atoms with Crippen LogP contribution in [0.3, 0.4) is 0 Å². The first-order valence-electron chi connectivity index (χ1n) is 5.80. The molecule has 1 amide bonds. The van der Waals surface area contributed by atoms with Crippen LogP contribution in [0.2, 0.25) is 0 Å². The van der Waals surface area contributed by atoms with E-state index in [1.807, 2.05) is 25.1 Å². The number of nitrogens with one attached hydrogen (secondary N) is 2. The standard InChI is InChI=1S/C14H14N4O/c1-10-7-11(3-2-5-15)9-12(8-10)17-14(19)13-4-6-16-18-13/h4,6-9H,5,15H2,1H3,(H,16,18)(H,17,19). The van der Waals surface area contributed by atoms with Crippen LogP contribution in [-0.4, -0.2) is 22.6 Å². The molecular weight excluding hydrogens is 240 g/mol. The maximum absolute atomic E-state index is 11.9. The Morgan fingerprint density at radius 2 is 2.32 bits per heavy atom. The summed E-state index contributed by atoms with van der Waals surface area (Å²) in [4.78, 5) is 11.9. The van der Waals surface area contributed by atoms with E-state index >= 15 is 0 Å². The highest BCUT2D eigenvalue weighted by molar-refractivity contribution is 6.02. The number of benzene rings is 1. The maximum atomic E-state index is 11.9. The Bertz CT molecular complexity index is 635. The van der Waals surface area contributed by atoms with Crippen LogP contribution < -0.4 is 11.1 Å². The minimum Gasteiger partial charge on any atom is -0.321 e. The number of aromatic amines is 1. The first-order chi connectivity index (χ1) is 9.19. The monoisotopic (exact) mass is 254 g/mol. The maximum Gasteiger partial charge on any atom is 0.273 e. The quantitative estimate of drug-likeness (QED) is 0.706. The SMILES string of the molecule is Cc1cc(C#CCN)cc(NC(=O)c2ccn[nH]2)c1. The zero-order chi connectivity index (χ0) is 13.7. The minimum atomic E-state index is -0.235. The summed E-state index contributed by atoms with van der Waals surface area (Å²) in [5, 5.41) is 9.15. The third kappa shape index (κ3) is 3.44. The first-order valence-corrected chi connectivity index (χ1v) is 5.80. The average molecular weight is 254 g/mol. The van der Waals surface area contributed by atoms with Crippen LogP contribution in [0, 0.1) is 18.8 Å². The molecule has 0 bridgehead atoms. The molecule has 0 aliphatic heterocycles. The van der Waals surface area contributed by atoms with Crippen molar-refractivity contribution in [3.63, 3.8) is 0 Å². The number of rotatable bonds is 2. The number of carbonyl (C=O) groups is 1.